The van der Waals surface area contributed by atoms with E-state index in [9.17, 15) is 9.59 Å². The van der Waals surface area contributed by atoms with Crippen molar-refractivity contribution in [1.29, 1.82) is 0 Å². The lowest BCUT2D eigenvalue weighted by molar-refractivity contribution is -0.113. The smallest absolute Gasteiger partial charge is 0.276 e. The highest BCUT2D eigenvalue weighted by Crippen LogP contribution is 2.25. The van der Waals surface area contributed by atoms with Crippen LogP contribution in [0.25, 0.3) is 15.9 Å². The summed E-state index contributed by atoms with van der Waals surface area (Å²) < 4.78 is 2.23. The van der Waals surface area contributed by atoms with Crippen molar-refractivity contribution in [3.8, 4) is 5.69 Å². The minimum absolute atomic E-state index is 0.110. The van der Waals surface area contributed by atoms with Crippen LogP contribution in [0.5, 0.6) is 0 Å². The van der Waals surface area contributed by atoms with Crippen LogP contribution >= 0.6 is 23.1 Å². The first kappa shape index (κ1) is 21.3. The number of hydrogen-bond donors (Lipinski definition) is 1. The van der Waals surface area contributed by atoms with Gasteiger partial charge in [0, 0.05) is 5.69 Å². The Hall–Kier alpha value is -2.90. The van der Waals surface area contributed by atoms with E-state index in [0.29, 0.717) is 21.3 Å². The van der Waals surface area contributed by atoms with Gasteiger partial charge in [0.25, 0.3) is 5.56 Å². The molecule has 0 fully saturated rings. The Morgan fingerprint density at radius 3 is 2.58 bits per heavy atom. The van der Waals surface area contributed by atoms with E-state index in [0.717, 1.165) is 16.9 Å². The highest BCUT2D eigenvalue weighted by Gasteiger charge is 2.17. The van der Waals surface area contributed by atoms with Gasteiger partial charge in [-0.05, 0) is 53.6 Å². The normalized spacial score (nSPS) is 11.2. The number of rotatable bonds is 6. The topological polar surface area (TPSA) is 64.0 Å². The first-order valence-corrected chi connectivity index (χ1v) is 11.9. The summed E-state index contributed by atoms with van der Waals surface area (Å²) >= 11 is 2.65. The van der Waals surface area contributed by atoms with Gasteiger partial charge in [0.1, 0.15) is 4.70 Å². The van der Waals surface area contributed by atoms with E-state index in [1.807, 2.05) is 66.9 Å². The Labute approximate surface area is 189 Å². The number of thioether (sulfide) groups is 1. The van der Waals surface area contributed by atoms with Gasteiger partial charge in [0.05, 0.1) is 17.0 Å². The van der Waals surface area contributed by atoms with E-state index in [1.165, 1.54) is 28.7 Å². The first-order valence-electron chi connectivity index (χ1n) is 10.0. The number of nitrogens with one attached hydrogen (secondary N) is 1. The van der Waals surface area contributed by atoms with Crippen LogP contribution in [-0.4, -0.2) is 21.2 Å². The van der Waals surface area contributed by atoms with E-state index < -0.39 is 0 Å². The second kappa shape index (κ2) is 9.08. The number of benzene rings is 2. The third-order valence-electron chi connectivity index (χ3n) is 5.00. The molecule has 2 heterocycles. The zero-order valence-electron chi connectivity index (χ0n) is 17.6. The summed E-state index contributed by atoms with van der Waals surface area (Å²) in [6, 6.07) is 17.4. The third kappa shape index (κ3) is 4.57. The van der Waals surface area contributed by atoms with Crippen molar-refractivity contribution >= 4 is 44.9 Å². The molecule has 0 aliphatic heterocycles. The second-order valence-corrected chi connectivity index (χ2v) is 9.43. The average molecular weight is 450 g/mol. The number of aromatic nitrogens is 2. The van der Waals surface area contributed by atoms with Crippen LogP contribution in [0.1, 0.15) is 30.9 Å². The molecule has 158 valence electrons. The molecule has 0 saturated carbocycles. The fourth-order valence-corrected chi connectivity index (χ4v) is 4.86. The first-order chi connectivity index (χ1) is 14.9. The van der Waals surface area contributed by atoms with Crippen LogP contribution < -0.4 is 10.9 Å². The summed E-state index contributed by atoms with van der Waals surface area (Å²) in [5.74, 6) is 0.453. The molecule has 0 unspecified atom stereocenters. The molecule has 0 aliphatic carbocycles. The van der Waals surface area contributed by atoms with Crippen molar-refractivity contribution in [1.82, 2.24) is 9.55 Å². The number of aryl methyl sites for hydroxylation is 1. The number of anilines is 1. The Kier molecular flexibility index (Phi) is 6.25. The number of amides is 1. The van der Waals surface area contributed by atoms with Gasteiger partial charge in [-0.1, -0.05) is 55.9 Å². The molecular formula is C24H23N3O2S2. The molecule has 0 spiro atoms. The molecule has 4 rings (SSSR count). The summed E-state index contributed by atoms with van der Waals surface area (Å²) in [6.07, 6.45) is 0. The number of hydrogen-bond acceptors (Lipinski definition) is 5. The van der Waals surface area contributed by atoms with Crippen LogP contribution in [-0.2, 0) is 4.79 Å². The maximum atomic E-state index is 13.2. The van der Waals surface area contributed by atoms with Crippen molar-refractivity contribution in [2.75, 3.05) is 11.1 Å². The molecule has 7 heteroatoms. The van der Waals surface area contributed by atoms with Crippen LogP contribution in [0.15, 0.2) is 69.9 Å². The van der Waals surface area contributed by atoms with Crippen molar-refractivity contribution in [3.05, 3.63) is 81.5 Å². The molecule has 2 aromatic carbocycles. The zero-order valence-corrected chi connectivity index (χ0v) is 19.2. The number of thiophene rings is 1. The predicted molar refractivity (Wildman–Crippen MR) is 130 cm³/mol. The zero-order chi connectivity index (χ0) is 22.0. The van der Waals surface area contributed by atoms with Crippen molar-refractivity contribution in [2.24, 2.45) is 0 Å². The summed E-state index contributed by atoms with van der Waals surface area (Å²) in [5, 5.41) is 5.30. The Balaban J connectivity index is 1.59. The summed E-state index contributed by atoms with van der Waals surface area (Å²) in [7, 11) is 0. The van der Waals surface area contributed by atoms with Crippen LogP contribution in [0.2, 0.25) is 0 Å². The lowest BCUT2D eigenvalue weighted by Crippen LogP contribution is -2.22. The molecule has 0 atom stereocenters. The SMILES string of the molecule is Cc1ccccc1-n1c(SCC(=O)Nc2ccc(C(C)C)cc2)nc2ccsc2c1=O. The number of fused-ring (bicyclic) bond motifs is 1. The Morgan fingerprint density at radius 1 is 1.13 bits per heavy atom. The third-order valence-corrected chi connectivity index (χ3v) is 6.83. The van der Waals surface area contributed by atoms with Crippen LogP contribution in [0.4, 0.5) is 5.69 Å². The second-order valence-electron chi connectivity index (χ2n) is 7.57. The maximum Gasteiger partial charge on any atom is 0.276 e. The largest absolute Gasteiger partial charge is 0.325 e. The Morgan fingerprint density at radius 2 is 1.87 bits per heavy atom. The van der Waals surface area contributed by atoms with Gasteiger partial charge in [0.2, 0.25) is 5.91 Å². The number of nitrogens with zero attached hydrogens (tertiary/aromatic N) is 2. The fourth-order valence-electron chi connectivity index (χ4n) is 3.29. The van der Waals surface area contributed by atoms with Gasteiger partial charge in [-0.15, -0.1) is 11.3 Å². The van der Waals surface area contributed by atoms with Gasteiger partial charge in [0.15, 0.2) is 5.16 Å². The van der Waals surface area contributed by atoms with E-state index in [1.54, 1.807) is 4.57 Å². The summed E-state index contributed by atoms with van der Waals surface area (Å²) in [5.41, 5.74) is 4.28. The quantitative estimate of drug-likeness (QED) is 0.307. The highest BCUT2D eigenvalue weighted by molar-refractivity contribution is 7.99. The van der Waals surface area contributed by atoms with Crippen LogP contribution in [0, 0.1) is 6.92 Å². The minimum Gasteiger partial charge on any atom is -0.325 e. The molecule has 0 bridgehead atoms. The van der Waals surface area contributed by atoms with Gasteiger partial charge >= 0.3 is 0 Å². The highest BCUT2D eigenvalue weighted by atomic mass is 32.2. The molecule has 4 aromatic rings. The Bertz CT molecular complexity index is 1290. The van der Waals surface area contributed by atoms with E-state index in [2.05, 4.69) is 24.1 Å². The molecule has 31 heavy (non-hydrogen) atoms. The molecule has 0 aliphatic rings. The van der Waals surface area contributed by atoms with Crippen molar-refractivity contribution in [2.45, 2.75) is 31.8 Å². The summed E-state index contributed by atoms with van der Waals surface area (Å²) in [6.45, 7) is 6.23. The van der Waals surface area contributed by atoms with Gasteiger partial charge in [-0.3, -0.25) is 14.2 Å². The molecule has 1 N–H and O–H groups in total. The lowest BCUT2D eigenvalue weighted by atomic mass is 10.0. The molecule has 1 amide bonds. The van der Waals surface area contributed by atoms with Crippen molar-refractivity contribution < 1.29 is 4.79 Å². The molecule has 0 radical (unpaired) electrons. The van der Waals surface area contributed by atoms with Crippen LogP contribution in [0.3, 0.4) is 0 Å². The minimum atomic E-state index is -0.140. The number of carbonyl (C=O) groups excluding carboxylic acids is 1. The van der Waals surface area contributed by atoms with E-state index in [4.69, 9.17) is 0 Å². The van der Waals surface area contributed by atoms with Gasteiger partial charge < -0.3 is 5.32 Å². The standard InChI is InChI=1S/C24H23N3O2S2/c1-15(2)17-8-10-18(11-9-17)25-21(28)14-31-24-26-19-12-13-30-22(19)23(29)27(24)20-7-5-4-6-16(20)3/h4-13,15H,14H2,1-3H3,(H,25,28). The maximum absolute atomic E-state index is 13.2. The average Bonchev–Trinajstić information content (AvgIpc) is 3.23. The molecule has 2 aromatic heterocycles. The molecular weight excluding hydrogens is 426 g/mol. The number of carbonyl (C=O) groups is 1. The fraction of sp³-hybridized carbons (Fsp3) is 0.208. The predicted octanol–water partition coefficient (Wildman–Crippen LogP) is 5.61. The van der Waals surface area contributed by atoms with Gasteiger partial charge in [-0.2, -0.15) is 0 Å². The van der Waals surface area contributed by atoms with E-state index >= 15 is 0 Å². The lowest BCUT2D eigenvalue weighted by Gasteiger charge is -2.14. The van der Waals surface area contributed by atoms with Gasteiger partial charge in [-0.25, -0.2) is 4.98 Å². The summed E-state index contributed by atoms with van der Waals surface area (Å²) in [4.78, 5) is 30.5. The van der Waals surface area contributed by atoms with Crippen molar-refractivity contribution in [3.63, 3.8) is 0 Å². The monoisotopic (exact) mass is 449 g/mol. The van der Waals surface area contributed by atoms with E-state index in [-0.39, 0.29) is 17.2 Å². The molecule has 5 nitrogen and oxygen atoms in total. The number of para-hydroxylation sites is 1. The molecule has 0 saturated heterocycles.